The molecule has 84 valence electrons. The Kier molecular flexibility index (Phi) is 3.78. The van der Waals surface area contributed by atoms with Crippen LogP contribution in [0.4, 0.5) is 0 Å². The molecule has 1 aromatic rings. The molecule has 2 heterocycles. The van der Waals surface area contributed by atoms with Gasteiger partial charge in [-0.05, 0) is 56.6 Å². The Bertz CT molecular complexity index is 276. The highest BCUT2D eigenvalue weighted by molar-refractivity contribution is 7.09. The Balaban J connectivity index is 1.86. The number of thiophene rings is 1. The highest BCUT2D eigenvalue weighted by atomic mass is 32.1. The molecule has 0 amide bonds. The molecular formula is C12H19NOS. The molecule has 0 saturated carbocycles. The van der Waals surface area contributed by atoms with E-state index in [2.05, 4.69) is 22.8 Å². The molecule has 1 aromatic heterocycles. The highest BCUT2D eigenvalue weighted by Crippen LogP contribution is 2.26. The van der Waals surface area contributed by atoms with Crippen molar-refractivity contribution in [3.8, 4) is 0 Å². The first-order valence-corrected chi connectivity index (χ1v) is 6.62. The van der Waals surface area contributed by atoms with Gasteiger partial charge in [-0.3, -0.25) is 0 Å². The summed E-state index contributed by atoms with van der Waals surface area (Å²) in [6.07, 6.45) is 4.88. The summed E-state index contributed by atoms with van der Waals surface area (Å²) in [7, 11) is 0. The van der Waals surface area contributed by atoms with Crippen molar-refractivity contribution in [2.75, 3.05) is 13.1 Å². The molecule has 1 aliphatic rings. The summed E-state index contributed by atoms with van der Waals surface area (Å²) in [6, 6.07) is 4.24. The summed E-state index contributed by atoms with van der Waals surface area (Å²) in [6.45, 7) is 2.02. The summed E-state index contributed by atoms with van der Waals surface area (Å²) in [5, 5.41) is 15.9. The van der Waals surface area contributed by atoms with Gasteiger partial charge in [0, 0.05) is 4.88 Å². The van der Waals surface area contributed by atoms with E-state index in [0.29, 0.717) is 0 Å². The Morgan fingerprint density at radius 1 is 1.40 bits per heavy atom. The molecule has 2 rings (SSSR count). The van der Waals surface area contributed by atoms with Gasteiger partial charge in [0.05, 0.1) is 5.60 Å². The predicted molar refractivity (Wildman–Crippen MR) is 64.3 cm³/mol. The van der Waals surface area contributed by atoms with E-state index >= 15 is 0 Å². The Labute approximate surface area is 95.3 Å². The molecule has 0 spiro atoms. The molecule has 1 aliphatic heterocycles. The van der Waals surface area contributed by atoms with Crippen LogP contribution in [0.25, 0.3) is 0 Å². The van der Waals surface area contributed by atoms with Crippen LogP contribution in [0.3, 0.4) is 0 Å². The van der Waals surface area contributed by atoms with Crippen LogP contribution in [0.15, 0.2) is 17.5 Å². The van der Waals surface area contributed by atoms with E-state index in [9.17, 15) is 5.11 Å². The maximum absolute atomic E-state index is 10.4. The number of aliphatic hydroxyl groups is 1. The summed E-state index contributed by atoms with van der Waals surface area (Å²) in [5.41, 5.74) is -0.423. The third-order valence-corrected chi connectivity index (χ3v) is 4.12. The fraction of sp³-hybridized carbons (Fsp3) is 0.667. The lowest BCUT2D eigenvalue weighted by atomic mass is 9.89. The fourth-order valence-electron chi connectivity index (χ4n) is 2.17. The predicted octanol–water partition coefficient (Wildman–Crippen LogP) is 2.19. The minimum atomic E-state index is -0.423. The standard InChI is InChI=1S/C12H19NOS/c14-12(5-2-8-13-9-7-12)6-4-11-3-1-10-15-11/h1,3,10,13-14H,2,4-9H2. The van der Waals surface area contributed by atoms with Gasteiger partial charge in [0.2, 0.25) is 0 Å². The molecule has 0 aliphatic carbocycles. The van der Waals surface area contributed by atoms with E-state index in [1.807, 2.05) is 0 Å². The number of aryl methyl sites for hydroxylation is 1. The first kappa shape index (κ1) is 11.1. The molecule has 0 bridgehead atoms. The zero-order valence-corrected chi connectivity index (χ0v) is 9.85. The minimum Gasteiger partial charge on any atom is -0.390 e. The molecule has 1 unspecified atom stereocenters. The van der Waals surface area contributed by atoms with Crippen LogP contribution in [-0.2, 0) is 6.42 Å². The molecule has 2 N–H and O–H groups in total. The van der Waals surface area contributed by atoms with Gasteiger partial charge in [-0.15, -0.1) is 11.3 Å². The van der Waals surface area contributed by atoms with E-state index in [-0.39, 0.29) is 0 Å². The highest BCUT2D eigenvalue weighted by Gasteiger charge is 2.27. The van der Waals surface area contributed by atoms with E-state index in [1.165, 1.54) is 4.88 Å². The maximum Gasteiger partial charge on any atom is 0.0663 e. The normalized spacial score (nSPS) is 27.5. The van der Waals surface area contributed by atoms with Gasteiger partial charge in [0.15, 0.2) is 0 Å². The fourth-order valence-corrected chi connectivity index (χ4v) is 2.88. The average molecular weight is 225 g/mol. The third-order valence-electron chi connectivity index (χ3n) is 3.18. The van der Waals surface area contributed by atoms with Crippen LogP contribution in [0.5, 0.6) is 0 Å². The monoisotopic (exact) mass is 225 g/mol. The second kappa shape index (κ2) is 5.10. The van der Waals surface area contributed by atoms with Crippen LogP contribution < -0.4 is 5.32 Å². The summed E-state index contributed by atoms with van der Waals surface area (Å²) >= 11 is 1.79. The van der Waals surface area contributed by atoms with Crippen LogP contribution >= 0.6 is 11.3 Å². The zero-order valence-electron chi connectivity index (χ0n) is 9.04. The van der Waals surface area contributed by atoms with Crippen LogP contribution in [-0.4, -0.2) is 23.8 Å². The van der Waals surface area contributed by atoms with Gasteiger partial charge in [0.1, 0.15) is 0 Å². The number of nitrogens with one attached hydrogen (secondary N) is 1. The average Bonchev–Trinajstić information content (AvgIpc) is 2.65. The van der Waals surface area contributed by atoms with E-state index in [1.54, 1.807) is 11.3 Å². The minimum absolute atomic E-state index is 0.423. The van der Waals surface area contributed by atoms with E-state index in [4.69, 9.17) is 0 Å². The summed E-state index contributed by atoms with van der Waals surface area (Å²) < 4.78 is 0. The van der Waals surface area contributed by atoms with Crippen molar-refractivity contribution >= 4 is 11.3 Å². The molecule has 0 aromatic carbocycles. The van der Waals surface area contributed by atoms with Crippen molar-refractivity contribution in [1.82, 2.24) is 5.32 Å². The molecule has 3 heteroatoms. The lowest BCUT2D eigenvalue weighted by Gasteiger charge is -2.25. The topological polar surface area (TPSA) is 32.3 Å². The van der Waals surface area contributed by atoms with Crippen molar-refractivity contribution in [2.45, 2.75) is 37.7 Å². The summed E-state index contributed by atoms with van der Waals surface area (Å²) in [5.74, 6) is 0. The third kappa shape index (κ3) is 3.30. The van der Waals surface area contributed by atoms with Gasteiger partial charge in [-0.1, -0.05) is 6.07 Å². The van der Waals surface area contributed by atoms with Crippen LogP contribution in [0.1, 0.15) is 30.6 Å². The zero-order chi connectivity index (χ0) is 10.6. The molecule has 1 atom stereocenters. The smallest absolute Gasteiger partial charge is 0.0663 e. The molecule has 2 nitrogen and oxygen atoms in total. The lowest BCUT2D eigenvalue weighted by Crippen LogP contribution is -2.30. The lowest BCUT2D eigenvalue weighted by molar-refractivity contribution is 0.0200. The maximum atomic E-state index is 10.4. The van der Waals surface area contributed by atoms with Crippen molar-refractivity contribution in [3.05, 3.63) is 22.4 Å². The van der Waals surface area contributed by atoms with Crippen molar-refractivity contribution < 1.29 is 5.11 Å². The molecule has 15 heavy (non-hydrogen) atoms. The van der Waals surface area contributed by atoms with Crippen LogP contribution in [0.2, 0.25) is 0 Å². The molecular weight excluding hydrogens is 206 g/mol. The Hall–Kier alpha value is -0.380. The quantitative estimate of drug-likeness (QED) is 0.826. The number of rotatable bonds is 3. The summed E-state index contributed by atoms with van der Waals surface area (Å²) in [4.78, 5) is 1.39. The van der Waals surface area contributed by atoms with Gasteiger partial charge in [-0.25, -0.2) is 0 Å². The van der Waals surface area contributed by atoms with Crippen LogP contribution in [0, 0.1) is 0 Å². The van der Waals surface area contributed by atoms with Gasteiger partial charge in [0.25, 0.3) is 0 Å². The molecule has 1 fully saturated rings. The molecule has 0 radical (unpaired) electrons. The Morgan fingerprint density at radius 3 is 3.13 bits per heavy atom. The van der Waals surface area contributed by atoms with Gasteiger partial charge < -0.3 is 10.4 Å². The molecule has 1 saturated heterocycles. The SMILES string of the molecule is OC1(CCc2cccs2)CCCNCC1. The first-order chi connectivity index (χ1) is 7.29. The number of hydrogen-bond donors (Lipinski definition) is 2. The number of hydrogen-bond acceptors (Lipinski definition) is 3. The van der Waals surface area contributed by atoms with E-state index in [0.717, 1.165) is 45.2 Å². The van der Waals surface area contributed by atoms with Crippen molar-refractivity contribution in [3.63, 3.8) is 0 Å². The van der Waals surface area contributed by atoms with Crippen molar-refractivity contribution in [2.24, 2.45) is 0 Å². The first-order valence-electron chi connectivity index (χ1n) is 5.74. The van der Waals surface area contributed by atoms with Gasteiger partial charge >= 0.3 is 0 Å². The largest absolute Gasteiger partial charge is 0.390 e. The second-order valence-corrected chi connectivity index (χ2v) is 5.44. The Morgan fingerprint density at radius 2 is 2.33 bits per heavy atom. The van der Waals surface area contributed by atoms with Crippen molar-refractivity contribution in [1.29, 1.82) is 0 Å². The van der Waals surface area contributed by atoms with Gasteiger partial charge in [-0.2, -0.15) is 0 Å². The second-order valence-electron chi connectivity index (χ2n) is 4.41. The van der Waals surface area contributed by atoms with E-state index < -0.39 is 5.60 Å².